The lowest BCUT2D eigenvalue weighted by atomic mass is 10.1. The smallest absolute Gasteiger partial charge is 0.321 e. The Bertz CT molecular complexity index is 1300. The number of aromatic amines is 1. The van der Waals surface area contributed by atoms with Gasteiger partial charge in [-0.1, -0.05) is 30.0 Å². The molecule has 3 amide bonds. The lowest BCUT2D eigenvalue weighted by molar-refractivity contribution is -0.117. The van der Waals surface area contributed by atoms with Gasteiger partial charge < -0.3 is 10.3 Å². The third-order valence-corrected chi connectivity index (χ3v) is 7.09. The number of halogens is 1. The van der Waals surface area contributed by atoms with Crippen LogP contribution >= 0.6 is 34.4 Å². The molecule has 0 saturated carbocycles. The molecule has 0 saturated heterocycles. The van der Waals surface area contributed by atoms with Gasteiger partial charge in [0.1, 0.15) is 10.6 Å². The summed E-state index contributed by atoms with van der Waals surface area (Å²) in [6.07, 6.45) is 0.694. The molecule has 4 aromatic rings. The number of rotatable bonds is 7. The number of carbonyl (C=O) groups excluding carboxylic acids is 2. The first kappa shape index (κ1) is 22.2. The van der Waals surface area contributed by atoms with Gasteiger partial charge in [0, 0.05) is 22.4 Å². The van der Waals surface area contributed by atoms with Crippen molar-refractivity contribution >= 4 is 56.6 Å². The van der Waals surface area contributed by atoms with Gasteiger partial charge in [-0.25, -0.2) is 14.2 Å². The second-order valence-electron chi connectivity index (χ2n) is 6.63. The van der Waals surface area contributed by atoms with E-state index in [-0.39, 0.29) is 22.3 Å². The largest absolute Gasteiger partial charge is 0.337 e. The molecule has 0 unspecified atom stereocenters. The predicted octanol–water partition coefficient (Wildman–Crippen LogP) is 4.01. The number of thioether (sulfide) groups is 1. The fourth-order valence-corrected chi connectivity index (χ4v) is 5.31. The number of imide groups is 1. The standard InChI is InChI=1S/C21H17FN4O3S3/c22-13-5-3-12(4-6-13)15-10-31-19-17(15)18(28)25-21(26-19)32-11-16(27)24-20(29)23-8-7-14-2-1-9-30-14/h1-6,9-10H,7-8,11H2,(H,25,26,28)(H2,23,24,27,29). The van der Waals surface area contributed by atoms with Crippen LogP contribution in [0.2, 0.25) is 0 Å². The molecule has 164 valence electrons. The second kappa shape index (κ2) is 10.1. The highest BCUT2D eigenvalue weighted by Gasteiger charge is 2.15. The van der Waals surface area contributed by atoms with E-state index in [1.165, 1.54) is 23.5 Å². The summed E-state index contributed by atoms with van der Waals surface area (Å²) in [7, 11) is 0. The number of benzene rings is 1. The molecule has 1 aromatic carbocycles. The minimum absolute atomic E-state index is 0.0804. The van der Waals surface area contributed by atoms with Crippen molar-refractivity contribution in [2.75, 3.05) is 12.3 Å². The van der Waals surface area contributed by atoms with E-state index in [0.29, 0.717) is 28.7 Å². The van der Waals surface area contributed by atoms with Crippen molar-refractivity contribution in [3.8, 4) is 11.1 Å². The fraction of sp³-hybridized carbons (Fsp3) is 0.143. The zero-order valence-electron chi connectivity index (χ0n) is 16.5. The van der Waals surface area contributed by atoms with E-state index in [4.69, 9.17) is 0 Å². The molecule has 0 aliphatic heterocycles. The van der Waals surface area contributed by atoms with Crippen molar-refractivity contribution < 1.29 is 14.0 Å². The van der Waals surface area contributed by atoms with Crippen LogP contribution in [0.25, 0.3) is 21.3 Å². The number of amides is 3. The van der Waals surface area contributed by atoms with Crippen molar-refractivity contribution in [2.45, 2.75) is 11.6 Å². The number of nitrogens with zero attached hydrogens (tertiary/aromatic N) is 1. The molecule has 0 aliphatic rings. The summed E-state index contributed by atoms with van der Waals surface area (Å²) >= 11 is 3.93. The zero-order valence-corrected chi connectivity index (χ0v) is 19.0. The highest BCUT2D eigenvalue weighted by molar-refractivity contribution is 7.99. The molecule has 11 heteroatoms. The maximum atomic E-state index is 13.2. The number of thiophene rings is 2. The van der Waals surface area contributed by atoms with Crippen LogP contribution in [0.5, 0.6) is 0 Å². The third-order valence-electron chi connectivity index (χ3n) is 4.41. The number of hydrogen-bond acceptors (Lipinski definition) is 7. The van der Waals surface area contributed by atoms with Crippen LogP contribution in [-0.2, 0) is 11.2 Å². The lowest BCUT2D eigenvalue weighted by Gasteiger charge is -2.06. The summed E-state index contributed by atoms with van der Waals surface area (Å²) in [6, 6.07) is 9.24. The van der Waals surface area contributed by atoms with E-state index in [1.807, 2.05) is 17.5 Å². The number of hydrogen-bond donors (Lipinski definition) is 3. The van der Waals surface area contributed by atoms with Gasteiger partial charge in [0.25, 0.3) is 5.56 Å². The number of fused-ring (bicyclic) bond motifs is 1. The van der Waals surface area contributed by atoms with E-state index in [9.17, 15) is 18.8 Å². The highest BCUT2D eigenvalue weighted by atomic mass is 32.2. The number of nitrogens with one attached hydrogen (secondary N) is 3. The highest BCUT2D eigenvalue weighted by Crippen LogP contribution is 2.31. The first-order valence-electron chi connectivity index (χ1n) is 9.50. The Morgan fingerprint density at radius 2 is 1.97 bits per heavy atom. The first-order chi connectivity index (χ1) is 15.5. The Balaban J connectivity index is 1.34. The van der Waals surface area contributed by atoms with Gasteiger partial charge in [0.2, 0.25) is 5.91 Å². The Morgan fingerprint density at radius 3 is 2.72 bits per heavy atom. The molecule has 3 aromatic heterocycles. The Labute approximate surface area is 194 Å². The monoisotopic (exact) mass is 488 g/mol. The first-order valence-corrected chi connectivity index (χ1v) is 12.2. The van der Waals surface area contributed by atoms with Crippen molar-refractivity contribution in [1.29, 1.82) is 0 Å². The van der Waals surface area contributed by atoms with Crippen LogP contribution in [0.4, 0.5) is 9.18 Å². The number of aromatic nitrogens is 2. The molecule has 32 heavy (non-hydrogen) atoms. The Morgan fingerprint density at radius 1 is 1.16 bits per heavy atom. The maximum absolute atomic E-state index is 13.2. The Kier molecular flexibility index (Phi) is 6.98. The molecule has 0 aliphatic carbocycles. The predicted molar refractivity (Wildman–Crippen MR) is 126 cm³/mol. The van der Waals surface area contributed by atoms with Crippen molar-refractivity contribution in [2.24, 2.45) is 0 Å². The molecule has 0 atom stereocenters. The van der Waals surface area contributed by atoms with Gasteiger partial charge in [-0.15, -0.1) is 22.7 Å². The quantitative estimate of drug-likeness (QED) is 0.269. The van der Waals surface area contributed by atoms with E-state index >= 15 is 0 Å². The SMILES string of the molecule is O=C(CSc1nc2scc(-c3ccc(F)cc3)c2c(=O)[nH]1)NC(=O)NCCc1cccs1. The number of carbonyl (C=O) groups is 2. The van der Waals surface area contributed by atoms with Crippen LogP contribution in [0, 0.1) is 5.82 Å². The minimum atomic E-state index is -0.564. The summed E-state index contributed by atoms with van der Waals surface area (Å²) in [4.78, 5) is 45.2. The van der Waals surface area contributed by atoms with Gasteiger partial charge in [-0.2, -0.15) is 0 Å². The van der Waals surface area contributed by atoms with Crippen LogP contribution in [0.15, 0.2) is 57.1 Å². The molecule has 0 radical (unpaired) electrons. The molecule has 0 bridgehead atoms. The van der Waals surface area contributed by atoms with Crippen molar-refractivity contribution in [1.82, 2.24) is 20.6 Å². The fourth-order valence-electron chi connectivity index (χ4n) is 2.93. The minimum Gasteiger partial charge on any atom is -0.337 e. The molecular weight excluding hydrogens is 471 g/mol. The molecule has 0 spiro atoms. The molecule has 7 nitrogen and oxygen atoms in total. The van der Waals surface area contributed by atoms with Crippen LogP contribution in [0.1, 0.15) is 4.88 Å². The summed E-state index contributed by atoms with van der Waals surface area (Å²) in [5, 5.41) is 9.35. The third kappa shape index (κ3) is 5.42. The average molecular weight is 489 g/mol. The average Bonchev–Trinajstić information content (AvgIpc) is 3.43. The van der Waals surface area contributed by atoms with E-state index in [0.717, 1.165) is 22.2 Å². The molecule has 3 N–H and O–H groups in total. The normalized spacial score (nSPS) is 10.9. The topological polar surface area (TPSA) is 104 Å². The van der Waals surface area contributed by atoms with E-state index < -0.39 is 11.9 Å². The summed E-state index contributed by atoms with van der Waals surface area (Å²) in [5.41, 5.74) is 1.05. The lowest BCUT2D eigenvalue weighted by Crippen LogP contribution is -2.41. The number of urea groups is 1. The van der Waals surface area contributed by atoms with Crippen LogP contribution in [-0.4, -0.2) is 34.2 Å². The van der Waals surface area contributed by atoms with Gasteiger partial charge in [0.05, 0.1) is 11.1 Å². The Hall–Kier alpha value is -3.02. The van der Waals surface area contributed by atoms with Gasteiger partial charge in [0.15, 0.2) is 5.16 Å². The summed E-state index contributed by atoms with van der Waals surface area (Å²) in [5.74, 6) is -0.929. The van der Waals surface area contributed by atoms with Gasteiger partial charge >= 0.3 is 6.03 Å². The van der Waals surface area contributed by atoms with E-state index in [1.54, 1.807) is 28.8 Å². The number of H-pyrrole nitrogens is 1. The van der Waals surface area contributed by atoms with Gasteiger partial charge in [-0.3, -0.25) is 14.9 Å². The van der Waals surface area contributed by atoms with Crippen molar-refractivity contribution in [3.63, 3.8) is 0 Å². The van der Waals surface area contributed by atoms with Crippen LogP contribution < -0.4 is 16.2 Å². The molecule has 0 fully saturated rings. The maximum Gasteiger partial charge on any atom is 0.321 e. The van der Waals surface area contributed by atoms with Crippen LogP contribution in [0.3, 0.4) is 0 Å². The van der Waals surface area contributed by atoms with Crippen molar-refractivity contribution in [3.05, 3.63) is 68.2 Å². The molecule has 4 rings (SSSR count). The molecule has 3 heterocycles. The zero-order chi connectivity index (χ0) is 22.5. The summed E-state index contributed by atoms with van der Waals surface area (Å²) < 4.78 is 13.2. The van der Waals surface area contributed by atoms with E-state index in [2.05, 4.69) is 20.6 Å². The second-order valence-corrected chi connectivity index (χ2v) is 9.48. The van der Waals surface area contributed by atoms with Gasteiger partial charge in [-0.05, 0) is 35.6 Å². The molecular formula is C21H17FN4O3S3. The summed E-state index contributed by atoms with van der Waals surface area (Å²) in [6.45, 7) is 0.424.